The van der Waals surface area contributed by atoms with Crippen LogP contribution in [0.15, 0.2) is 42.5 Å². The zero-order valence-corrected chi connectivity index (χ0v) is 12.4. The van der Waals surface area contributed by atoms with Crippen LogP contribution in [0.2, 0.25) is 5.02 Å². The van der Waals surface area contributed by atoms with Crippen molar-refractivity contribution in [3.63, 3.8) is 0 Å². The molecule has 0 heterocycles. The summed E-state index contributed by atoms with van der Waals surface area (Å²) in [5.41, 5.74) is 1.38. The molecule has 0 radical (unpaired) electrons. The lowest BCUT2D eigenvalue weighted by atomic mass is 10.2. The molecule has 0 atom stereocenters. The van der Waals surface area contributed by atoms with Gasteiger partial charge in [0.1, 0.15) is 5.82 Å². The Balaban J connectivity index is 2.10. The Hall–Kier alpha value is -2.07. The van der Waals surface area contributed by atoms with Crippen LogP contribution in [-0.2, 0) is 0 Å². The van der Waals surface area contributed by atoms with Crippen LogP contribution >= 0.6 is 11.6 Å². The Morgan fingerprint density at radius 2 is 1.90 bits per heavy atom. The van der Waals surface area contributed by atoms with Crippen molar-refractivity contribution in [2.75, 3.05) is 17.2 Å². The number of halogens is 2. The Morgan fingerprint density at radius 3 is 2.52 bits per heavy atom. The molecule has 0 saturated heterocycles. The normalized spacial score (nSPS) is 10.2. The molecule has 0 bridgehead atoms. The largest absolute Gasteiger partial charge is 0.385 e. The van der Waals surface area contributed by atoms with Crippen LogP contribution in [0.4, 0.5) is 15.8 Å². The van der Waals surface area contributed by atoms with Crippen LogP contribution in [0, 0.1) is 5.82 Å². The average molecular weight is 307 g/mol. The Kier molecular flexibility index (Phi) is 5.17. The number of hydrogen-bond donors (Lipinski definition) is 2. The van der Waals surface area contributed by atoms with Gasteiger partial charge in [-0.1, -0.05) is 24.6 Å². The topological polar surface area (TPSA) is 41.1 Å². The van der Waals surface area contributed by atoms with Crippen molar-refractivity contribution in [3.8, 4) is 0 Å². The molecule has 3 nitrogen and oxygen atoms in total. The van der Waals surface area contributed by atoms with Gasteiger partial charge < -0.3 is 10.6 Å². The van der Waals surface area contributed by atoms with Crippen LogP contribution in [0.3, 0.4) is 0 Å². The third kappa shape index (κ3) is 3.95. The molecule has 110 valence electrons. The van der Waals surface area contributed by atoms with Gasteiger partial charge >= 0.3 is 0 Å². The highest BCUT2D eigenvalue weighted by atomic mass is 35.5. The van der Waals surface area contributed by atoms with Crippen molar-refractivity contribution in [3.05, 3.63) is 58.9 Å². The van der Waals surface area contributed by atoms with Gasteiger partial charge in [0.05, 0.1) is 10.7 Å². The average Bonchev–Trinajstić information content (AvgIpc) is 2.49. The van der Waals surface area contributed by atoms with E-state index in [0.29, 0.717) is 5.56 Å². The first-order chi connectivity index (χ1) is 10.1. The molecule has 2 rings (SSSR count). The van der Waals surface area contributed by atoms with Gasteiger partial charge in [-0.05, 0) is 42.8 Å². The minimum absolute atomic E-state index is 0.00245. The van der Waals surface area contributed by atoms with Gasteiger partial charge in [-0.25, -0.2) is 4.39 Å². The molecular formula is C16H16ClFN2O. The molecule has 5 heteroatoms. The summed E-state index contributed by atoms with van der Waals surface area (Å²) in [6.45, 7) is 2.95. The Labute approximate surface area is 128 Å². The first kappa shape index (κ1) is 15.3. The summed E-state index contributed by atoms with van der Waals surface area (Å²) in [6.07, 6.45) is 1.02. The minimum Gasteiger partial charge on any atom is -0.385 e. The fourth-order valence-corrected chi connectivity index (χ4v) is 2.02. The van der Waals surface area contributed by atoms with Gasteiger partial charge in [0.2, 0.25) is 0 Å². The number of anilines is 2. The van der Waals surface area contributed by atoms with Crippen molar-refractivity contribution in [1.82, 2.24) is 0 Å². The molecule has 0 fully saturated rings. The number of carbonyl (C=O) groups excluding carboxylic acids is 1. The number of hydrogen-bond acceptors (Lipinski definition) is 2. The Bertz CT molecular complexity index is 608. The van der Waals surface area contributed by atoms with E-state index in [1.54, 1.807) is 12.1 Å². The van der Waals surface area contributed by atoms with E-state index in [0.717, 1.165) is 18.7 Å². The number of amides is 1. The fraction of sp³-hybridized carbons (Fsp3) is 0.188. The fourth-order valence-electron chi connectivity index (χ4n) is 1.81. The van der Waals surface area contributed by atoms with Gasteiger partial charge in [0, 0.05) is 17.8 Å². The number of benzene rings is 2. The maximum absolute atomic E-state index is 13.6. The molecule has 0 aromatic heterocycles. The lowest BCUT2D eigenvalue weighted by molar-refractivity contribution is 0.102. The highest BCUT2D eigenvalue weighted by Crippen LogP contribution is 2.25. The summed E-state index contributed by atoms with van der Waals surface area (Å²) < 4.78 is 13.6. The van der Waals surface area contributed by atoms with Gasteiger partial charge in [-0.3, -0.25) is 4.79 Å². The molecule has 2 N–H and O–H groups in total. The molecule has 2 aromatic rings. The maximum Gasteiger partial charge on any atom is 0.255 e. The molecule has 0 saturated carbocycles. The van der Waals surface area contributed by atoms with E-state index in [2.05, 4.69) is 17.6 Å². The van der Waals surface area contributed by atoms with E-state index in [9.17, 15) is 9.18 Å². The van der Waals surface area contributed by atoms with E-state index in [1.165, 1.54) is 18.2 Å². The maximum atomic E-state index is 13.6. The van der Waals surface area contributed by atoms with Crippen LogP contribution in [0.1, 0.15) is 23.7 Å². The number of rotatable bonds is 5. The number of nitrogens with one attached hydrogen (secondary N) is 2. The third-order valence-electron chi connectivity index (χ3n) is 2.93. The Morgan fingerprint density at radius 1 is 1.19 bits per heavy atom. The van der Waals surface area contributed by atoms with Crippen molar-refractivity contribution in [2.45, 2.75) is 13.3 Å². The standard InChI is InChI=1S/C16H16ClFN2O/c1-2-10-19-12-8-6-11(7-9-12)16(21)20-15-13(17)4-3-5-14(15)18/h3-9,19H,2,10H2,1H3,(H,20,21). The van der Waals surface area contributed by atoms with Crippen LogP contribution < -0.4 is 10.6 Å². The summed E-state index contributed by atoms with van der Waals surface area (Å²) in [5.74, 6) is -0.957. The molecule has 21 heavy (non-hydrogen) atoms. The van der Waals surface area contributed by atoms with Crippen LogP contribution in [0.5, 0.6) is 0 Å². The van der Waals surface area contributed by atoms with E-state index >= 15 is 0 Å². The summed E-state index contributed by atoms with van der Waals surface area (Å²) in [4.78, 5) is 12.1. The van der Waals surface area contributed by atoms with Crippen molar-refractivity contribution in [1.29, 1.82) is 0 Å². The first-order valence-electron chi connectivity index (χ1n) is 6.71. The second kappa shape index (κ2) is 7.09. The van der Waals surface area contributed by atoms with E-state index in [4.69, 9.17) is 11.6 Å². The lowest BCUT2D eigenvalue weighted by Gasteiger charge is -2.09. The van der Waals surface area contributed by atoms with Crippen molar-refractivity contribution >= 4 is 28.9 Å². The summed E-state index contributed by atoms with van der Waals surface area (Å²) in [5, 5.41) is 5.88. The second-order valence-electron chi connectivity index (χ2n) is 4.55. The number of para-hydroxylation sites is 1. The van der Waals surface area contributed by atoms with Gasteiger partial charge in [-0.2, -0.15) is 0 Å². The minimum atomic E-state index is -0.558. The van der Waals surface area contributed by atoms with E-state index in [1.807, 2.05) is 12.1 Å². The molecule has 0 aliphatic carbocycles. The van der Waals surface area contributed by atoms with Gasteiger partial charge in [0.15, 0.2) is 0 Å². The predicted octanol–water partition coefficient (Wildman–Crippen LogP) is 4.55. The number of carbonyl (C=O) groups is 1. The molecule has 1 amide bonds. The van der Waals surface area contributed by atoms with E-state index < -0.39 is 11.7 Å². The lowest BCUT2D eigenvalue weighted by Crippen LogP contribution is -2.13. The zero-order chi connectivity index (χ0) is 15.2. The molecule has 0 unspecified atom stereocenters. The SMILES string of the molecule is CCCNc1ccc(C(=O)Nc2c(F)cccc2Cl)cc1. The zero-order valence-electron chi connectivity index (χ0n) is 11.6. The van der Waals surface area contributed by atoms with Gasteiger partial charge in [-0.15, -0.1) is 0 Å². The smallest absolute Gasteiger partial charge is 0.255 e. The van der Waals surface area contributed by atoms with E-state index in [-0.39, 0.29) is 10.7 Å². The highest BCUT2D eigenvalue weighted by molar-refractivity contribution is 6.34. The van der Waals surface area contributed by atoms with Crippen molar-refractivity contribution < 1.29 is 9.18 Å². The molecule has 2 aromatic carbocycles. The predicted molar refractivity (Wildman–Crippen MR) is 84.6 cm³/mol. The summed E-state index contributed by atoms with van der Waals surface area (Å²) in [6, 6.07) is 11.3. The molecule has 0 aliphatic heterocycles. The third-order valence-corrected chi connectivity index (χ3v) is 3.24. The van der Waals surface area contributed by atoms with Crippen molar-refractivity contribution in [2.24, 2.45) is 0 Å². The molecule has 0 aliphatic rings. The van der Waals surface area contributed by atoms with Crippen LogP contribution in [-0.4, -0.2) is 12.5 Å². The molecular weight excluding hydrogens is 291 g/mol. The monoisotopic (exact) mass is 306 g/mol. The molecule has 0 spiro atoms. The van der Waals surface area contributed by atoms with Gasteiger partial charge in [0.25, 0.3) is 5.91 Å². The quantitative estimate of drug-likeness (QED) is 0.850. The van der Waals surface area contributed by atoms with Crippen LogP contribution in [0.25, 0.3) is 0 Å². The first-order valence-corrected chi connectivity index (χ1v) is 7.09. The highest BCUT2D eigenvalue weighted by Gasteiger charge is 2.12. The summed E-state index contributed by atoms with van der Waals surface area (Å²) >= 11 is 5.88. The second-order valence-corrected chi connectivity index (χ2v) is 4.96. The summed E-state index contributed by atoms with van der Waals surface area (Å²) in [7, 11) is 0.